The summed E-state index contributed by atoms with van der Waals surface area (Å²) in [5.74, 6) is -0.436. The van der Waals surface area contributed by atoms with E-state index >= 15 is 0 Å². The number of carbonyl (C=O) groups is 2. The van der Waals surface area contributed by atoms with Gasteiger partial charge >= 0.3 is 6.03 Å². The molecular formula is C19H23N3O2. The smallest absolute Gasteiger partial charge is 0.319 e. The molecule has 4 N–H and O–H groups in total. The molecule has 0 fully saturated rings. The number of amides is 3. The Kier molecular flexibility index (Phi) is 5.95. The molecule has 126 valence electrons. The molecule has 0 bridgehead atoms. The molecule has 2 aromatic rings. The molecule has 0 aliphatic carbocycles. The predicted octanol–water partition coefficient (Wildman–Crippen LogP) is 3.16. The molecule has 2 aromatic carbocycles. The minimum atomic E-state index is -0.436. The summed E-state index contributed by atoms with van der Waals surface area (Å²) in [5.41, 5.74) is 8.81. The average Bonchev–Trinajstić information content (AvgIpc) is 2.56. The van der Waals surface area contributed by atoms with Crippen molar-refractivity contribution in [3.05, 3.63) is 65.2 Å². The van der Waals surface area contributed by atoms with E-state index in [0.717, 1.165) is 12.0 Å². The van der Waals surface area contributed by atoms with Gasteiger partial charge in [0, 0.05) is 5.69 Å². The number of para-hydroxylation sites is 1. The summed E-state index contributed by atoms with van der Waals surface area (Å²) in [5, 5.41) is 5.68. The molecule has 5 nitrogen and oxygen atoms in total. The quantitative estimate of drug-likeness (QED) is 0.762. The summed E-state index contributed by atoms with van der Waals surface area (Å²) in [6.07, 6.45) is 1.07. The highest BCUT2D eigenvalue weighted by Gasteiger charge is 2.12. The maximum atomic E-state index is 12.2. The maximum Gasteiger partial charge on any atom is 0.319 e. The molecule has 1 unspecified atom stereocenters. The van der Waals surface area contributed by atoms with Gasteiger partial charge in [0.2, 0.25) is 5.91 Å². The van der Waals surface area contributed by atoms with Gasteiger partial charge in [0.1, 0.15) is 0 Å². The van der Waals surface area contributed by atoms with Gasteiger partial charge in [-0.05, 0) is 36.1 Å². The average molecular weight is 325 g/mol. The van der Waals surface area contributed by atoms with E-state index in [4.69, 9.17) is 5.73 Å². The number of hydrogen-bond acceptors (Lipinski definition) is 2. The Morgan fingerprint density at radius 1 is 1.08 bits per heavy atom. The van der Waals surface area contributed by atoms with Crippen LogP contribution < -0.4 is 16.4 Å². The van der Waals surface area contributed by atoms with Crippen LogP contribution in [0.3, 0.4) is 0 Å². The number of urea groups is 1. The number of anilines is 1. The number of aryl methyl sites for hydroxylation is 1. The minimum absolute atomic E-state index is 0.0878. The van der Waals surface area contributed by atoms with Crippen molar-refractivity contribution in [2.45, 2.75) is 32.7 Å². The van der Waals surface area contributed by atoms with Crippen molar-refractivity contribution >= 4 is 17.6 Å². The van der Waals surface area contributed by atoms with E-state index in [1.807, 2.05) is 19.1 Å². The zero-order valence-electron chi connectivity index (χ0n) is 14.0. The lowest BCUT2D eigenvalue weighted by Crippen LogP contribution is -2.31. The first-order valence-electron chi connectivity index (χ1n) is 8.02. The number of primary amides is 1. The highest BCUT2D eigenvalue weighted by molar-refractivity contribution is 5.91. The Morgan fingerprint density at radius 2 is 1.75 bits per heavy atom. The number of hydrogen-bond donors (Lipinski definition) is 3. The molecule has 0 aliphatic heterocycles. The molecule has 1 atom stereocenters. The molecule has 2 rings (SSSR count). The monoisotopic (exact) mass is 325 g/mol. The van der Waals surface area contributed by atoms with E-state index in [-0.39, 0.29) is 18.5 Å². The lowest BCUT2D eigenvalue weighted by atomic mass is 10.1. The van der Waals surface area contributed by atoms with E-state index in [2.05, 4.69) is 29.7 Å². The lowest BCUT2D eigenvalue weighted by Gasteiger charge is -2.16. The van der Waals surface area contributed by atoms with Crippen molar-refractivity contribution in [1.82, 2.24) is 5.32 Å². The summed E-state index contributed by atoms with van der Waals surface area (Å²) >= 11 is 0. The van der Waals surface area contributed by atoms with Gasteiger partial charge in [0.15, 0.2) is 0 Å². The highest BCUT2D eigenvalue weighted by Crippen LogP contribution is 2.17. The van der Waals surface area contributed by atoms with Gasteiger partial charge < -0.3 is 16.4 Å². The van der Waals surface area contributed by atoms with Crippen molar-refractivity contribution in [2.75, 3.05) is 5.32 Å². The van der Waals surface area contributed by atoms with E-state index in [9.17, 15) is 9.59 Å². The molecule has 5 heteroatoms. The number of benzene rings is 2. The van der Waals surface area contributed by atoms with Crippen LogP contribution in [0.2, 0.25) is 0 Å². The first-order valence-corrected chi connectivity index (χ1v) is 8.02. The second-order valence-corrected chi connectivity index (χ2v) is 5.72. The first kappa shape index (κ1) is 17.5. The first-order chi connectivity index (χ1) is 11.5. The van der Waals surface area contributed by atoms with E-state index in [1.54, 1.807) is 24.3 Å². The molecule has 0 saturated heterocycles. The number of carbonyl (C=O) groups excluding carboxylic acids is 2. The van der Waals surface area contributed by atoms with Crippen molar-refractivity contribution in [3.8, 4) is 0 Å². The topological polar surface area (TPSA) is 84.2 Å². The van der Waals surface area contributed by atoms with Crippen LogP contribution in [0.5, 0.6) is 0 Å². The van der Waals surface area contributed by atoms with Crippen LogP contribution >= 0.6 is 0 Å². The fourth-order valence-corrected chi connectivity index (χ4v) is 2.46. The highest BCUT2D eigenvalue weighted by atomic mass is 16.2. The minimum Gasteiger partial charge on any atom is -0.369 e. The van der Waals surface area contributed by atoms with Gasteiger partial charge in [0.25, 0.3) is 0 Å². The van der Waals surface area contributed by atoms with E-state index in [0.29, 0.717) is 11.3 Å². The van der Waals surface area contributed by atoms with Crippen LogP contribution in [0.1, 0.15) is 36.6 Å². The van der Waals surface area contributed by atoms with Crippen molar-refractivity contribution < 1.29 is 9.59 Å². The summed E-state index contributed by atoms with van der Waals surface area (Å²) in [6.45, 7) is 4.03. The standard InChI is InChI=1S/C19H23N3O2/c1-3-14-8-10-15(11-9-14)13(2)21-19(24)22-17-7-5-4-6-16(17)12-18(20)23/h4-11,13H,3,12H2,1-2H3,(H2,20,23)(H2,21,22,24). The van der Waals surface area contributed by atoms with Crippen LogP contribution in [0.4, 0.5) is 10.5 Å². The molecule has 0 aliphatic rings. The second-order valence-electron chi connectivity index (χ2n) is 5.72. The second kappa shape index (κ2) is 8.15. The van der Waals surface area contributed by atoms with Crippen molar-refractivity contribution in [1.29, 1.82) is 0 Å². The van der Waals surface area contributed by atoms with Crippen LogP contribution in [-0.2, 0) is 17.6 Å². The molecule has 24 heavy (non-hydrogen) atoms. The molecule has 0 saturated carbocycles. The Bertz CT molecular complexity index is 711. The van der Waals surface area contributed by atoms with Crippen LogP contribution in [-0.4, -0.2) is 11.9 Å². The van der Waals surface area contributed by atoms with Crippen molar-refractivity contribution in [3.63, 3.8) is 0 Å². The summed E-state index contributed by atoms with van der Waals surface area (Å²) in [6, 6.07) is 14.8. The van der Waals surface area contributed by atoms with Gasteiger partial charge in [-0.2, -0.15) is 0 Å². The van der Waals surface area contributed by atoms with Gasteiger partial charge in [-0.25, -0.2) is 4.79 Å². The zero-order chi connectivity index (χ0) is 17.5. The zero-order valence-corrected chi connectivity index (χ0v) is 14.0. The predicted molar refractivity (Wildman–Crippen MR) is 95.7 cm³/mol. The van der Waals surface area contributed by atoms with Crippen LogP contribution in [0.15, 0.2) is 48.5 Å². The normalized spacial score (nSPS) is 11.6. The largest absolute Gasteiger partial charge is 0.369 e. The SMILES string of the molecule is CCc1ccc(C(C)NC(=O)Nc2ccccc2CC(N)=O)cc1. The Hall–Kier alpha value is -2.82. The van der Waals surface area contributed by atoms with E-state index in [1.165, 1.54) is 5.56 Å². The molecule has 0 radical (unpaired) electrons. The molecule has 0 aromatic heterocycles. The van der Waals surface area contributed by atoms with Gasteiger partial charge in [-0.1, -0.05) is 49.4 Å². The van der Waals surface area contributed by atoms with Gasteiger partial charge in [0.05, 0.1) is 12.5 Å². The van der Waals surface area contributed by atoms with Crippen LogP contribution in [0.25, 0.3) is 0 Å². The third kappa shape index (κ3) is 4.84. The molecule has 0 heterocycles. The third-order valence-electron chi connectivity index (χ3n) is 3.87. The van der Waals surface area contributed by atoms with Crippen molar-refractivity contribution in [2.24, 2.45) is 5.73 Å². The Morgan fingerprint density at radius 3 is 2.38 bits per heavy atom. The van der Waals surface area contributed by atoms with E-state index < -0.39 is 5.91 Å². The number of rotatable bonds is 6. The molecular weight excluding hydrogens is 302 g/mol. The Labute approximate surface area is 142 Å². The fourth-order valence-electron chi connectivity index (χ4n) is 2.46. The third-order valence-corrected chi connectivity index (χ3v) is 3.87. The number of nitrogens with two attached hydrogens (primary N) is 1. The summed E-state index contributed by atoms with van der Waals surface area (Å²) in [4.78, 5) is 23.3. The van der Waals surface area contributed by atoms with Crippen LogP contribution in [0, 0.1) is 0 Å². The molecule has 3 amide bonds. The fraction of sp³-hybridized carbons (Fsp3) is 0.263. The number of nitrogens with one attached hydrogen (secondary N) is 2. The summed E-state index contributed by atoms with van der Waals surface area (Å²) < 4.78 is 0. The summed E-state index contributed by atoms with van der Waals surface area (Å²) in [7, 11) is 0. The maximum absolute atomic E-state index is 12.2. The van der Waals surface area contributed by atoms with Gasteiger partial charge in [-0.15, -0.1) is 0 Å². The Balaban J connectivity index is 2.01. The van der Waals surface area contributed by atoms with Gasteiger partial charge in [-0.3, -0.25) is 4.79 Å². The lowest BCUT2D eigenvalue weighted by molar-refractivity contribution is -0.117. The molecule has 0 spiro atoms.